The van der Waals surface area contributed by atoms with E-state index in [1.807, 2.05) is 42.5 Å². The average molecular weight is 460 g/mol. The fraction of sp³-hybridized carbons (Fsp3) is 0.190. The molecule has 2 N–H and O–H groups in total. The van der Waals surface area contributed by atoms with Gasteiger partial charge in [-0.15, -0.1) is 11.8 Å². The van der Waals surface area contributed by atoms with Gasteiger partial charge in [-0.2, -0.15) is 0 Å². The summed E-state index contributed by atoms with van der Waals surface area (Å²) in [5, 5.41) is 22.3. The summed E-state index contributed by atoms with van der Waals surface area (Å²) < 4.78 is 28.3. The van der Waals surface area contributed by atoms with Crippen molar-refractivity contribution < 1.29 is 18.4 Å². The van der Waals surface area contributed by atoms with Crippen molar-refractivity contribution in [1.29, 1.82) is 0 Å². The predicted octanol–water partition coefficient (Wildman–Crippen LogP) is 3.03. The van der Waals surface area contributed by atoms with E-state index in [-0.39, 0.29) is 22.8 Å². The van der Waals surface area contributed by atoms with Crippen molar-refractivity contribution in [2.45, 2.75) is 28.5 Å². The van der Waals surface area contributed by atoms with Crippen molar-refractivity contribution in [3.05, 3.63) is 94.7 Å². The van der Waals surface area contributed by atoms with Crippen LogP contribution in [0.3, 0.4) is 0 Å². The molecule has 10 heteroatoms. The maximum Gasteiger partial charge on any atom is 0.269 e. The molecule has 3 rings (SSSR count). The highest BCUT2D eigenvalue weighted by Crippen LogP contribution is 2.20. The summed E-state index contributed by atoms with van der Waals surface area (Å²) in [6.45, 7) is 0. The summed E-state index contributed by atoms with van der Waals surface area (Å²) in [5.41, 5.74) is 0.660. The Morgan fingerprint density at radius 2 is 1.71 bits per heavy atom. The molecular formula is C21H21N3O5S2. The van der Waals surface area contributed by atoms with E-state index in [0.29, 0.717) is 0 Å². The average Bonchev–Trinajstić information content (AvgIpc) is 2.78. The van der Waals surface area contributed by atoms with Crippen molar-refractivity contribution in [1.82, 2.24) is 9.71 Å². The highest BCUT2D eigenvalue weighted by atomic mass is 32.2. The zero-order valence-corrected chi connectivity index (χ0v) is 18.0. The van der Waals surface area contributed by atoms with Crippen LogP contribution in [-0.4, -0.2) is 41.3 Å². The van der Waals surface area contributed by atoms with Gasteiger partial charge in [-0.25, -0.2) is 18.1 Å². The molecule has 162 valence electrons. The summed E-state index contributed by atoms with van der Waals surface area (Å²) in [5.74, 6) is 0.233. The second-order valence-corrected chi connectivity index (χ2v) is 9.47. The van der Waals surface area contributed by atoms with Crippen LogP contribution in [0.2, 0.25) is 0 Å². The lowest BCUT2D eigenvalue weighted by molar-refractivity contribution is -0.384. The van der Waals surface area contributed by atoms with Crippen molar-refractivity contribution in [2.24, 2.45) is 0 Å². The number of nitrogens with zero attached hydrogens (tertiary/aromatic N) is 2. The first kappa shape index (κ1) is 22.9. The summed E-state index contributed by atoms with van der Waals surface area (Å²) in [4.78, 5) is 14.3. The Labute approximate surface area is 184 Å². The molecule has 2 aromatic carbocycles. The van der Waals surface area contributed by atoms with Gasteiger partial charge in [0.1, 0.15) is 0 Å². The van der Waals surface area contributed by atoms with Crippen molar-refractivity contribution in [2.75, 3.05) is 5.75 Å². The van der Waals surface area contributed by atoms with Gasteiger partial charge in [-0.3, -0.25) is 10.1 Å². The number of aromatic nitrogens is 1. The van der Waals surface area contributed by atoms with E-state index in [4.69, 9.17) is 0 Å². The van der Waals surface area contributed by atoms with Crippen molar-refractivity contribution in [3.63, 3.8) is 0 Å². The van der Waals surface area contributed by atoms with Gasteiger partial charge in [-0.1, -0.05) is 36.4 Å². The fourth-order valence-electron chi connectivity index (χ4n) is 2.86. The Balaban J connectivity index is 1.78. The molecule has 0 aliphatic carbocycles. The number of nitro benzene ring substituents is 1. The third kappa shape index (κ3) is 6.59. The number of aliphatic hydroxyl groups is 1. The third-order valence-corrected chi connectivity index (χ3v) is 7.02. The third-order valence-electron chi connectivity index (χ3n) is 4.47. The van der Waals surface area contributed by atoms with Gasteiger partial charge >= 0.3 is 0 Å². The van der Waals surface area contributed by atoms with Gasteiger partial charge in [0.15, 0.2) is 0 Å². The molecule has 8 nitrogen and oxygen atoms in total. The first-order chi connectivity index (χ1) is 14.8. The van der Waals surface area contributed by atoms with E-state index in [0.717, 1.165) is 22.7 Å². The minimum absolute atomic E-state index is 0.110. The fourth-order valence-corrected chi connectivity index (χ4v) is 5.01. The lowest BCUT2D eigenvalue weighted by Crippen LogP contribution is -2.45. The molecule has 0 spiro atoms. The molecular weight excluding hydrogens is 438 g/mol. The summed E-state index contributed by atoms with van der Waals surface area (Å²) in [7, 11) is -4.01. The van der Waals surface area contributed by atoms with Crippen LogP contribution in [0, 0.1) is 10.1 Å². The summed E-state index contributed by atoms with van der Waals surface area (Å²) >= 11 is 1.32. The standard InChI is InChI=1S/C21H21N3O5S2/c25-20(15-30-21-8-4-5-13-22-21)19(14-16-6-2-1-3-7-16)23-31(28,29)18-11-9-17(10-12-18)24(26)27/h1-13,19-20,23,25H,14-15H2/t19-,20+/m0/s1. The molecule has 0 unspecified atom stereocenters. The summed E-state index contributed by atoms with van der Waals surface area (Å²) in [6.07, 6.45) is 0.921. The monoisotopic (exact) mass is 459 g/mol. The molecule has 0 saturated carbocycles. The smallest absolute Gasteiger partial charge is 0.269 e. The number of nitrogens with one attached hydrogen (secondary N) is 1. The molecule has 31 heavy (non-hydrogen) atoms. The van der Waals surface area contributed by atoms with E-state index < -0.39 is 27.1 Å². The maximum atomic E-state index is 12.9. The number of benzene rings is 2. The quantitative estimate of drug-likeness (QED) is 0.271. The number of hydrogen-bond acceptors (Lipinski definition) is 7. The number of rotatable bonds is 10. The molecule has 0 fully saturated rings. The Bertz CT molecular complexity index is 1090. The minimum Gasteiger partial charge on any atom is -0.391 e. The molecule has 3 aromatic rings. The number of hydrogen-bond donors (Lipinski definition) is 2. The number of non-ortho nitro benzene ring substituents is 1. The van der Waals surface area contributed by atoms with Crippen LogP contribution < -0.4 is 4.72 Å². The molecule has 0 aliphatic rings. The normalized spacial score (nSPS) is 13.5. The van der Waals surface area contributed by atoms with Gasteiger partial charge in [0.05, 0.1) is 27.0 Å². The molecule has 1 heterocycles. The number of nitro groups is 1. The minimum atomic E-state index is -4.01. The largest absolute Gasteiger partial charge is 0.391 e. The van der Waals surface area contributed by atoms with Crippen LogP contribution in [0.25, 0.3) is 0 Å². The van der Waals surface area contributed by atoms with Crippen molar-refractivity contribution >= 4 is 27.5 Å². The molecule has 2 atom stereocenters. The molecule has 1 aromatic heterocycles. The number of aliphatic hydroxyl groups excluding tert-OH is 1. The summed E-state index contributed by atoms with van der Waals surface area (Å²) in [6, 6.07) is 18.5. The van der Waals surface area contributed by atoms with Gasteiger partial charge in [0.2, 0.25) is 10.0 Å². The Kier molecular flexibility index (Phi) is 7.75. The van der Waals surface area contributed by atoms with Crippen LogP contribution in [0.5, 0.6) is 0 Å². The van der Waals surface area contributed by atoms with Crippen LogP contribution in [0.4, 0.5) is 5.69 Å². The van der Waals surface area contributed by atoms with Crippen LogP contribution >= 0.6 is 11.8 Å². The zero-order valence-electron chi connectivity index (χ0n) is 16.4. The molecule has 0 saturated heterocycles. The lowest BCUT2D eigenvalue weighted by Gasteiger charge is -2.24. The highest BCUT2D eigenvalue weighted by Gasteiger charge is 2.27. The molecule has 0 amide bonds. The van der Waals surface area contributed by atoms with Crippen LogP contribution in [0.1, 0.15) is 5.56 Å². The topological polar surface area (TPSA) is 122 Å². The Morgan fingerprint density at radius 3 is 2.32 bits per heavy atom. The van der Waals surface area contributed by atoms with E-state index >= 15 is 0 Å². The first-order valence-corrected chi connectivity index (χ1v) is 11.8. The molecule has 0 bridgehead atoms. The Morgan fingerprint density at radius 1 is 1.03 bits per heavy atom. The number of sulfonamides is 1. The SMILES string of the molecule is O=[N+]([O-])c1ccc(S(=O)(=O)N[C@@H](Cc2ccccc2)[C@H](O)CSc2ccccn2)cc1. The van der Waals surface area contributed by atoms with E-state index in [9.17, 15) is 23.6 Å². The van der Waals surface area contributed by atoms with E-state index in [1.165, 1.54) is 23.9 Å². The van der Waals surface area contributed by atoms with Crippen molar-refractivity contribution in [3.8, 4) is 0 Å². The highest BCUT2D eigenvalue weighted by molar-refractivity contribution is 7.99. The van der Waals surface area contributed by atoms with Crippen LogP contribution in [-0.2, 0) is 16.4 Å². The van der Waals surface area contributed by atoms with Gasteiger partial charge in [0, 0.05) is 24.1 Å². The van der Waals surface area contributed by atoms with E-state index in [2.05, 4.69) is 9.71 Å². The second-order valence-electron chi connectivity index (χ2n) is 6.71. The van der Waals surface area contributed by atoms with Crippen LogP contribution in [0.15, 0.2) is 88.9 Å². The number of thioether (sulfide) groups is 1. The van der Waals surface area contributed by atoms with Gasteiger partial charge in [0.25, 0.3) is 5.69 Å². The van der Waals surface area contributed by atoms with Gasteiger partial charge < -0.3 is 5.11 Å². The first-order valence-electron chi connectivity index (χ1n) is 9.38. The maximum absolute atomic E-state index is 12.9. The second kappa shape index (κ2) is 10.5. The molecule has 0 radical (unpaired) electrons. The number of pyridine rings is 1. The van der Waals surface area contributed by atoms with Gasteiger partial charge in [-0.05, 0) is 36.2 Å². The van der Waals surface area contributed by atoms with E-state index in [1.54, 1.807) is 12.3 Å². The Hall–Kier alpha value is -2.79. The zero-order chi connectivity index (χ0) is 22.3. The predicted molar refractivity (Wildman–Crippen MR) is 118 cm³/mol. The lowest BCUT2D eigenvalue weighted by atomic mass is 10.0. The molecule has 0 aliphatic heterocycles.